The van der Waals surface area contributed by atoms with Crippen LogP contribution >= 0.6 is 0 Å². The summed E-state index contributed by atoms with van der Waals surface area (Å²) in [5, 5.41) is 0. The van der Waals surface area contributed by atoms with Gasteiger partial charge in [-0.3, -0.25) is 9.69 Å². The Morgan fingerprint density at radius 3 is 2.75 bits per heavy atom. The van der Waals surface area contributed by atoms with E-state index in [4.69, 9.17) is 10.5 Å². The Hall–Kier alpha value is -2.40. The van der Waals surface area contributed by atoms with Gasteiger partial charge in [0.25, 0.3) is 0 Å². The van der Waals surface area contributed by atoms with Crippen LogP contribution < -0.4 is 10.5 Å². The van der Waals surface area contributed by atoms with Gasteiger partial charge >= 0.3 is 0 Å². The monoisotopic (exact) mass is 323 g/mol. The Kier molecular flexibility index (Phi) is 3.73. The Labute approximate surface area is 141 Å². The van der Waals surface area contributed by atoms with Crippen molar-refractivity contribution in [2.24, 2.45) is 5.73 Å². The van der Waals surface area contributed by atoms with Crippen LogP contribution in [-0.4, -0.2) is 28.9 Å². The van der Waals surface area contributed by atoms with E-state index in [0.717, 1.165) is 18.2 Å². The predicted octanol–water partition coefficient (Wildman–Crippen LogP) is 3.05. The van der Waals surface area contributed by atoms with Gasteiger partial charge in [-0.1, -0.05) is 6.07 Å². The quantitative estimate of drug-likeness (QED) is 0.918. The largest absolute Gasteiger partial charge is 0.439 e. The lowest BCUT2D eigenvalue weighted by molar-refractivity contribution is 0.1000. The molecule has 4 rings (SSSR count). The van der Waals surface area contributed by atoms with Gasteiger partial charge in [0.15, 0.2) is 0 Å². The maximum atomic E-state index is 11.1. The topological polar surface area (TPSA) is 68.5 Å². The lowest BCUT2D eigenvalue weighted by atomic mass is 10.1. The second-order valence-electron chi connectivity index (χ2n) is 6.66. The van der Waals surface area contributed by atoms with Gasteiger partial charge in [0.05, 0.1) is 5.56 Å². The molecule has 1 saturated carbocycles. The van der Waals surface area contributed by atoms with E-state index in [-0.39, 0.29) is 0 Å². The number of rotatable bonds is 5. The third-order valence-electron chi connectivity index (χ3n) is 5.02. The number of amides is 1. The molecule has 0 aliphatic heterocycles. The number of carbonyl (C=O) groups excluding carboxylic acids is 1. The number of benzene rings is 1. The van der Waals surface area contributed by atoms with Crippen LogP contribution in [0.3, 0.4) is 0 Å². The summed E-state index contributed by atoms with van der Waals surface area (Å²) in [7, 11) is 2.24. The number of aromatic nitrogens is 1. The predicted molar refractivity (Wildman–Crippen MR) is 91.1 cm³/mol. The first-order valence-corrected chi connectivity index (χ1v) is 8.40. The van der Waals surface area contributed by atoms with Crippen molar-refractivity contribution in [1.29, 1.82) is 0 Å². The molecule has 5 heteroatoms. The van der Waals surface area contributed by atoms with E-state index in [1.807, 2.05) is 6.07 Å². The van der Waals surface area contributed by atoms with E-state index in [2.05, 4.69) is 29.1 Å². The average Bonchev–Trinajstić information content (AvgIpc) is 3.35. The molecule has 1 aromatic carbocycles. The number of nitrogens with two attached hydrogens (primary N) is 1. The lowest BCUT2D eigenvalue weighted by Crippen LogP contribution is -2.24. The lowest BCUT2D eigenvalue weighted by Gasteiger charge is -2.25. The number of primary amides is 1. The van der Waals surface area contributed by atoms with Crippen molar-refractivity contribution >= 4 is 5.91 Å². The fourth-order valence-corrected chi connectivity index (χ4v) is 3.50. The van der Waals surface area contributed by atoms with Crippen LogP contribution in [0.2, 0.25) is 0 Å². The van der Waals surface area contributed by atoms with E-state index in [0.29, 0.717) is 17.5 Å². The highest BCUT2D eigenvalue weighted by Crippen LogP contribution is 2.41. The third-order valence-corrected chi connectivity index (χ3v) is 5.02. The summed E-state index contributed by atoms with van der Waals surface area (Å²) >= 11 is 0. The number of hydrogen-bond acceptors (Lipinski definition) is 4. The first kappa shape index (κ1) is 15.1. The number of ether oxygens (including phenoxy) is 1. The first-order chi connectivity index (χ1) is 11.6. The first-order valence-electron chi connectivity index (χ1n) is 8.40. The van der Waals surface area contributed by atoms with Gasteiger partial charge in [0.1, 0.15) is 5.75 Å². The van der Waals surface area contributed by atoms with E-state index >= 15 is 0 Å². The highest BCUT2D eigenvalue weighted by atomic mass is 16.5. The zero-order valence-electron chi connectivity index (χ0n) is 13.7. The van der Waals surface area contributed by atoms with Crippen LogP contribution in [0.4, 0.5) is 0 Å². The summed E-state index contributed by atoms with van der Waals surface area (Å²) in [6.07, 6.45) is 6.36. The summed E-state index contributed by atoms with van der Waals surface area (Å²) in [5.41, 5.74) is 8.38. The molecule has 0 radical (unpaired) electrons. The van der Waals surface area contributed by atoms with Crippen molar-refractivity contribution in [3.63, 3.8) is 0 Å². The number of fused-ring (bicyclic) bond motifs is 1. The fraction of sp³-hybridized carbons (Fsp3) is 0.368. The van der Waals surface area contributed by atoms with Crippen LogP contribution in [0.15, 0.2) is 36.5 Å². The number of hydrogen-bond donors (Lipinski definition) is 1. The maximum Gasteiger partial charge on any atom is 0.250 e. The number of pyridine rings is 1. The van der Waals surface area contributed by atoms with Crippen molar-refractivity contribution < 1.29 is 9.53 Å². The Balaban J connectivity index is 1.50. The number of carbonyl (C=O) groups is 1. The second kappa shape index (κ2) is 5.91. The highest BCUT2D eigenvalue weighted by Gasteiger charge is 2.35. The molecular formula is C19H21N3O2. The molecule has 0 saturated heterocycles. The fourth-order valence-electron chi connectivity index (χ4n) is 3.50. The zero-order valence-corrected chi connectivity index (χ0v) is 13.7. The molecule has 124 valence electrons. The molecule has 1 aromatic heterocycles. The van der Waals surface area contributed by atoms with Gasteiger partial charge in [-0.25, -0.2) is 4.98 Å². The van der Waals surface area contributed by atoms with Gasteiger partial charge in [-0.05, 0) is 62.1 Å². The van der Waals surface area contributed by atoms with Crippen molar-refractivity contribution in [2.75, 3.05) is 7.05 Å². The summed E-state index contributed by atoms with van der Waals surface area (Å²) in [4.78, 5) is 17.7. The Morgan fingerprint density at radius 2 is 2.08 bits per heavy atom. The van der Waals surface area contributed by atoms with E-state index < -0.39 is 5.91 Å². The Morgan fingerprint density at radius 1 is 1.25 bits per heavy atom. The molecule has 1 heterocycles. The summed E-state index contributed by atoms with van der Waals surface area (Å²) in [6.45, 7) is 0. The van der Waals surface area contributed by atoms with Gasteiger partial charge < -0.3 is 10.5 Å². The minimum Gasteiger partial charge on any atom is -0.439 e. The molecule has 1 atom stereocenters. The normalized spacial score (nSPS) is 19.3. The summed E-state index contributed by atoms with van der Waals surface area (Å²) in [5.74, 6) is 0.754. The van der Waals surface area contributed by atoms with Crippen molar-refractivity contribution in [1.82, 2.24) is 9.88 Å². The van der Waals surface area contributed by atoms with Crippen molar-refractivity contribution in [3.8, 4) is 11.6 Å². The average molecular weight is 323 g/mol. The van der Waals surface area contributed by atoms with E-state index in [1.165, 1.54) is 36.6 Å². The smallest absolute Gasteiger partial charge is 0.250 e. The van der Waals surface area contributed by atoms with Gasteiger partial charge in [-0.2, -0.15) is 0 Å². The molecule has 1 amide bonds. The molecule has 5 nitrogen and oxygen atoms in total. The Bertz CT molecular complexity index is 769. The maximum absolute atomic E-state index is 11.1. The zero-order chi connectivity index (χ0) is 16.7. The molecule has 0 spiro atoms. The molecule has 24 heavy (non-hydrogen) atoms. The van der Waals surface area contributed by atoms with Gasteiger partial charge in [0.2, 0.25) is 11.8 Å². The van der Waals surface area contributed by atoms with Crippen molar-refractivity contribution in [3.05, 3.63) is 53.2 Å². The molecule has 0 bridgehead atoms. The second-order valence-corrected chi connectivity index (χ2v) is 6.66. The molecule has 2 N–H and O–H groups in total. The van der Waals surface area contributed by atoms with Crippen LogP contribution in [0, 0.1) is 0 Å². The van der Waals surface area contributed by atoms with Crippen molar-refractivity contribution in [2.45, 2.75) is 37.8 Å². The van der Waals surface area contributed by atoms with Gasteiger partial charge in [0, 0.05) is 24.3 Å². The minimum atomic E-state index is -0.489. The van der Waals surface area contributed by atoms with E-state index in [9.17, 15) is 4.79 Å². The van der Waals surface area contributed by atoms with Crippen LogP contribution in [0.25, 0.3) is 0 Å². The number of nitrogens with zero attached hydrogens (tertiary/aromatic N) is 2. The van der Waals surface area contributed by atoms with Crippen LogP contribution in [0.1, 0.15) is 46.8 Å². The number of aryl methyl sites for hydroxylation is 1. The van der Waals surface area contributed by atoms with E-state index in [1.54, 1.807) is 12.1 Å². The van der Waals surface area contributed by atoms with Crippen LogP contribution in [-0.2, 0) is 6.42 Å². The molecule has 1 fully saturated rings. The molecule has 2 aliphatic rings. The third kappa shape index (κ3) is 2.87. The minimum absolute atomic E-state index is 0.377. The molecule has 2 aromatic rings. The SMILES string of the molecule is CN(C1CC1)C1CCc2cc(Oc3ccc(C(N)=O)cn3)ccc21. The molecular weight excluding hydrogens is 302 g/mol. The molecule has 2 aliphatic carbocycles. The standard InChI is InChI=1S/C19H21N3O2/c1-22(14-4-5-14)17-8-2-12-10-15(6-7-16(12)17)24-18-9-3-13(11-21-18)19(20)23/h3,6-7,9-11,14,17H,2,4-5,8H2,1H3,(H2,20,23). The summed E-state index contributed by atoms with van der Waals surface area (Å²) in [6, 6.07) is 10.9. The summed E-state index contributed by atoms with van der Waals surface area (Å²) < 4.78 is 5.82. The van der Waals surface area contributed by atoms with Gasteiger partial charge in [-0.15, -0.1) is 0 Å². The highest BCUT2D eigenvalue weighted by molar-refractivity contribution is 5.92. The molecule has 1 unspecified atom stereocenters. The van der Waals surface area contributed by atoms with Crippen LogP contribution in [0.5, 0.6) is 11.6 Å².